The summed E-state index contributed by atoms with van der Waals surface area (Å²) in [7, 11) is 1.63. The fourth-order valence-corrected chi connectivity index (χ4v) is 2.02. The van der Waals surface area contributed by atoms with Crippen LogP contribution in [0.2, 0.25) is 0 Å². The predicted octanol–water partition coefficient (Wildman–Crippen LogP) is 2.10. The number of hydrogen-bond acceptors (Lipinski definition) is 5. The molecular weight excluding hydrogens is 270 g/mol. The van der Waals surface area contributed by atoms with E-state index >= 15 is 0 Å². The zero-order valence-corrected chi connectivity index (χ0v) is 13.3. The molecule has 1 aromatic carbocycles. The van der Waals surface area contributed by atoms with Crippen LogP contribution in [-0.4, -0.2) is 39.4 Å². The highest BCUT2D eigenvalue weighted by Crippen LogP contribution is 2.25. The van der Waals surface area contributed by atoms with Gasteiger partial charge in [0, 0.05) is 13.7 Å². The van der Waals surface area contributed by atoms with Gasteiger partial charge in [0.25, 0.3) is 0 Å². The van der Waals surface area contributed by atoms with Gasteiger partial charge in [-0.15, -0.1) is 0 Å². The number of nitrogens with one attached hydrogen (secondary N) is 1. The number of esters is 1. The lowest BCUT2D eigenvalue weighted by molar-refractivity contribution is -0.151. The maximum Gasteiger partial charge on any atom is 0.330 e. The molecule has 5 heteroatoms. The van der Waals surface area contributed by atoms with Crippen molar-refractivity contribution in [3.05, 3.63) is 29.8 Å². The molecule has 1 N–H and O–H groups in total. The second-order valence-electron chi connectivity index (χ2n) is 4.72. The number of carbonyl (C=O) groups is 1. The first-order chi connectivity index (χ1) is 10.1. The molecular formula is C16H25NO4. The van der Waals surface area contributed by atoms with E-state index in [4.69, 9.17) is 14.2 Å². The second-order valence-corrected chi connectivity index (χ2v) is 4.72. The molecule has 0 aliphatic rings. The SMILES string of the molecule is CCOC(=O)C(C)(NCCOC)c1ccc(OCC)cc1. The van der Waals surface area contributed by atoms with Gasteiger partial charge < -0.3 is 14.2 Å². The largest absolute Gasteiger partial charge is 0.494 e. The fourth-order valence-electron chi connectivity index (χ4n) is 2.02. The minimum absolute atomic E-state index is 0.301. The molecule has 0 heterocycles. The summed E-state index contributed by atoms with van der Waals surface area (Å²) in [6.45, 7) is 7.58. The Morgan fingerprint density at radius 1 is 1.19 bits per heavy atom. The normalized spacial score (nSPS) is 13.5. The summed E-state index contributed by atoms with van der Waals surface area (Å²) in [5.74, 6) is 0.481. The van der Waals surface area contributed by atoms with E-state index in [0.717, 1.165) is 11.3 Å². The number of rotatable bonds is 9. The van der Waals surface area contributed by atoms with Crippen LogP contribution in [0.25, 0.3) is 0 Å². The van der Waals surface area contributed by atoms with Gasteiger partial charge in [0.1, 0.15) is 11.3 Å². The number of carbonyl (C=O) groups excluding carboxylic acids is 1. The van der Waals surface area contributed by atoms with Gasteiger partial charge in [0.15, 0.2) is 0 Å². The monoisotopic (exact) mass is 295 g/mol. The first-order valence-electron chi connectivity index (χ1n) is 7.23. The van der Waals surface area contributed by atoms with Crippen LogP contribution in [0.3, 0.4) is 0 Å². The molecule has 0 fully saturated rings. The Morgan fingerprint density at radius 2 is 1.86 bits per heavy atom. The lowest BCUT2D eigenvalue weighted by Gasteiger charge is -2.29. The van der Waals surface area contributed by atoms with Crippen molar-refractivity contribution in [1.82, 2.24) is 5.32 Å². The van der Waals surface area contributed by atoms with Crippen molar-refractivity contribution in [2.45, 2.75) is 26.3 Å². The van der Waals surface area contributed by atoms with E-state index in [0.29, 0.717) is 26.4 Å². The molecule has 0 aromatic heterocycles. The Labute approximate surface area is 126 Å². The summed E-state index contributed by atoms with van der Waals surface area (Å²) in [6.07, 6.45) is 0. The van der Waals surface area contributed by atoms with E-state index in [2.05, 4.69) is 5.32 Å². The van der Waals surface area contributed by atoms with Crippen LogP contribution in [0.1, 0.15) is 26.3 Å². The van der Waals surface area contributed by atoms with E-state index in [-0.39, 0.29) is 5.97 Å². The average Bonchev–Trinajstić information content (AvgIpc) is 2.48. The van der Waals surface area contributed by atoms with Gasteiger partial charge in [-0.05, 0) is 38.5 Å². The van der Waals surface area contributed by atoms with Gasteiger partial charge in [-0.2, -0.15) is 0 Å². The van der Waals surface area contributed by atoms with E-state index in [9.17, 15) is 4.79 Å². The summed E-state index contributed by atoms with van der Waals surface area (Å²) in [6, 6.07) is 7.46. The van der Waals surface area contributed by atoms with Crippen LogP contribution in [-0.2, 0) is 19.8 Å². The Balaban J connectivity index is 2.95. The van der Waals surface area contributed by atoms with Crippen molar-refractivity contribution in [2.75, 3.05) is 33.5 Å². The Morgan fingerprint density at radius 3 is 2.38 bits per heavy atom. The minimum atomic E-state index is -0.903. The van der Waals surface area contributed by atoms with Crippen LogP contribution >= 0.6 is 0 Å². The van der Waals surface area contributed by atoms with Crippen molar-refractivity contribution in [2.24, 2.45) is 0 Å². The van der Waals surface area contributed by atoms with Gasteiger partial charge in [0.05, 0.1) is 19.8 Å². The number of benzene rings is 1. The zero-order valence-electron chi connectivity index (χ0n) is 13.3. The molecule has 0 aliphatic heterocycles. The summed E-state index contributed by atoms with van der Waals surface area (Å²) in [5.41, 5.74) is -0.0697. The fraction of sp³-hybridized carbons (Fsp3) is 0.562. The molecule has 0 saturated heterocycles. The third-order valence-electron chi connectivity index (χ3n) is 3.21. The highest BCUT2D eigenvalue weighted by atomic mass is 16.5. The first-order valence-corrected chi connectivity index (χ1v) is 7.23. The van der Waals surface area contributed by atoms with Crippen molar-refractivity contribution >= 4 is 5.97 Å². The van der Waals surface area contributed by atoms with Gasteiger partial charge in [-0.1, -0.05) is 12.1 Å². The Bertz CT molecular complexity index is 432. The van der Waals surface area contributed by atoms with Crippen LogP contribution in [0, 0.1) is 0 Å². The number of methoxy groups -OCH3 is 1. The van der Waals surface area contributed by atoms with Crippen LogP contribution in [0.4, 0.5) is 0 Å². The summed E-state index contributed by atoms with van der Waals surface area (Å²) in [5, 5.41) is 3.21. The second kappa shape index (κ2) is 8.64. The Kier molecular flexibility index (Phi) is 7.19. The highest BCUT2D eigenvalue weighted by Gasteiger charge is 2.36. The molecule has 0 saturated carbocycles. The standard InChI is InChI=1S/C16H25NO4/c1-5-20-14-9-7-13(8-10-14)16(3,15(18)21-6-2)17-11-12-19-4/h7-10,17H,5-6,11-12H2,1-4H3. The third kappa shape index (κ3) is 4.72. The molecule has 0 aliphatic carbocycles. The maximum absolute atomic E-state index is 12.3. The zero-order chi connectivity index (χ0) is 15.7. The Hall–Kier alpha value is -1.59. The van der Waals surface area contributed by atoms with Gasteiger partial charge in [0.2, 0.25) is 0 Å². The van der Waals surface area contributed by atoms with Crippen LogP contribution in [0.15, 0.2) is 24.3 Å². The lowest BCUT2D eigenvalue weighted by Crippen LogP contribution is -2.48. The van der Waals surface area contributed by atoms with Crippen LogP contribution in [0.5, 0.6) is 5.75 Å². The van der Waals surface area contributed by atoms with Crippen molar-refractivity contribution in [1.29, 1.82) is 0 Å². The van der Waals surface area contributed by atoms with Crippen LogP contribution < -0.4 is 10.1 Å². The summed E-state index contributed by atoms with van der Waals surface area (Å²) < 4.78 is 15.6. The molecule has 0 spiro atoms. The van der Waals surface area contributed by atoms with E-state index in [1.54, 1.807) is 14.0 Å². The molecule has 21 heavy (non-hydrogen) atoms. The molecule has 0 amide bonds. The van der Waals surface area contributed by atoms with Crippen molar-refractivity contribution in [3.63, 3.8) is 0 Å². The molecule has 0 bridgehead atoms. The minimum Gasteiger partial charge on any atom is -0.494 e. The smallest absolute Gasteiger partial charge is 0.330 e. The van der Waals surface area contributed by atoms with Gasteiger partial charge in [-0.25, -0.2) is 4.79 Å². The molecule has 5 nitrogen and oxygen atoms in total. The van der Waals surface area contributed by atoms with E-state index < -0.39 is 5.54 Å². The maximum atomic E-state index is 12.3. The van der Waals surface area contributed by atoms with E-state index in [1.807, 2.05) is 38.1 Å². The first kappa shape index (κ1) is 17.5. The molecule has 1 unspecified atom stereocenters. The molecule has 1 atom stereocenters. The van der Waals surface area contributed by atoms with Gasteiger partial charge >= 0.3 is 5.97 Å². The summed E-state index contributed by atoms with van der Waals surface area (Å²) >= 11 is 0. The highest BCUT2D eigenvalue weighted by molar-refractivity contribution is 5.82. The van der Waals surface area contributed by atoms with Gasteiger partial charge in [-0.3, -0.25) is 5.32 Å². The molecule has 1 aromatic rings. The number of ether oxygens (including phenoxy) is 3. The lowest BCUT2D eigenvalue weighted by atomic mass is 9.92. The third-order valence-corrected chi connectivity index (χ3v) is 3.21. The number of hydrogen-bond donors (Lipinski definition) is 1. The summed E-state index contributed by atoms with van der Waals surface area (Å²) in [4.78, 5) is 12.3. The van der Waals surface area contributed by atoms with Crippen molar-refractivity contribution < 1.29 is 19.0 Å². The molecule has 0 radical (unpaired) electrons. The van der Waals surface area contributed by atoms with E-state index in [1.165, 1.54) is 0 Å². The quantitative estimate of drug-likeness (QED) is 0.558. The topological polar surface area (TPSA) is 56.8 Å². The average molecular weight is 295 g/mol. The molecule has 1 rings (SSSR count). The van der Waals surface area contributed by atoms with Crippen molar-refractivity contribution in [3.8, 4) is 5.75 Å². The molecule has 118 valence electrons. The predicted molar refractivity (Wildman–Crippen MR) is 81.5 cm³/mol.